The molecule has 10 heteroatoms. The third-order valence-corrected chi connectivity index (χ3v) is 12.5. The fraction of sp³-hybridized carbons (Fsp3) is 0.625. The number of methoxy groups -OCH3 is 1. The van der Waals surface area contributed by atoms with Gasteiger partial charge in [0.25, 0.3) is 0 Å². The zero-order valence-corrected chi connectivity index (χ0v) is 43.7. The number of phenolic OH excluding ortho intramolecular Hbond substituents is 2. The van der Waals surface area contributed by atoms with Crippen molar-refractivity contribution < 1.29 is 48.3 Å². The van der Waals surface area contributed by atoms with E-state index in [1.54, 1.807) is 0 Å². The van der Waals surface area contributed by atoms with Crippen LogP contribution in [0.1, 0.15) is 187 Å². The number of carbonyl (C=O) groups excluding carboxylic acids is 3. The lowest BCUT2D eigenvalue weighted by molar-refractivity contribution is -0.166. The molecule has 1 aliphatic rings. The van der Waals surface area contributed by atoms with Gasteiger partial charge in [-0.05, 0) is 105 Å². The van der Waals surface area contributed by atoms with Gasteiger partial charge in [-0.25, -0.2) is 0 Å². The Balaban J connectivity index is 1.54. The van der Waals surface area contributed by atoms with Gasteiger partial charge in [-0.1, -0.05) is 134 Å². The molecule has 3 aromatic rings. The van der Waals surface area contributed by atoms with Crippen LogP contribution >= 0.6 is 0 Å². The number of rotatable bonds is 17. The molecule has 3 aromatic carbocycles. The minimum Gasteiger partial charge on any atom is -0.507 e. The summed E-state index contributed by atoms with van der Waals surface area (Å²) in [4.78, 5) is 40.7. The molecule has 1 aliphatic heterocycles. The molecule has 0 atom stereocenters. The zero-order valence-electron chi connectivity index (χ0n) is 43.7. The molecule has 0 unspecified atom stereocenters. The third kappa shape index (κ3) is 13.8. The van der Waals surface area contributed by atoms with Crippen LogP contribution in [0.4, 0.5) is 0 Å². The number of aromatic hydroxyl groups is 2. The third-order valence-electron chi connectivity index (χ3n) is 12.5. The van der Waals surface area contributed by atoms with Gasteiger partial charge in [-0.2, -0.15) is 0 Å². The first kappa shape index (κ1) is 54.0. The number of hydrogen-bond acceptors (Lipinski definition) is 10. The SMILES string of the molecule is COCC(COC(=O)CCc1cc(C(C)(C)C)c(O)c(C(C)(C)C)c1)(COC(=O)CCc1cc(C(C)(C)C)c(O)c(C(C)(C)C)c1)COC(=O)CCc1cc(C(C)(C)C)c2c(c1)C(C)(C)O2. The molecule has 0 spiro atoms. The highest BCUT2D eigenvalue weighted by Gasteiger charge is 2.41. The largest absolute Gasteiger partial charge is 0.507 e. The lowest BCUT2D eigenvalue weighted by atomic mass is 9.78. The summed E-state index contributed by atoms with van der Waals surface area (Å²) in [5.74, 6) is 0.0488. The molecule has 0 aromatic heterocycles. The predicted molar refractivity (Wildman–Crippen MR) is 262 cm³/mol. The molecular formula is C56H82O10. The fourth-order valence-corrected chi connectivity index (χ4v) is 8.39. The summed E-state index contributed by atoms with van der Waals surface area (Å²) in [6.45, 7) is 34.3. The van der Waals surface area contributed by atoms with E-state index < -0.39 is 28.9 Å². The highest BCUT2D eigenvalue weighted by Crippen LogP contribution is 2.50. The van der Waals surface area contributed by atoms with E-state index >= 15 is 0 Å². The molecule has 10 nitrogen and oxygen atoms in total. The standard InChI is InChI=1S/C56H82O10/c1-50(2,3)38-25-35(26-39(47(38)60)51(4,5)6)19-22-44(57)63-32-56(31-62-18,33-64-45(58)23-20-36-27-40(52(7,8)9)48(61)41(28-36)53(10,11)12)34-65-46(59)24-21-37-29-42(54(13,14)15)49-43(30-37)55(16,17)66-49/h25-30,60-61H,19-24,31-34H2,1-18H3. The first-order valence-electron chi connectivity index (χ1n) is 23.6. The van der Waals surface area contributed by atoms with Gasteiger partial charge in [-0.3, -0.25) is 14.4 Å². The van der Waals surface area contributed by atoms with E-state index in [-0.39, 0.29) is 84.3 Å². The smallest absolute Gasteiger partial charge is 0.306 e. The van der Waals surface area contributed by atoms with E-state index in [1.165, 1.54) is 7.11 Å². The number of carbonyl (C=O) groups is 3. The van der Waals surface area contributed by atoms with Crippen molar-refractivity contribution in [1.29, 1.82) is 0 Å². The van der Waals surface area contributed by atoms with Crippen molar-refractivity contribution in [3.05, 3.63) is 86.5 Å². The van der Waals surface area contributed by atoms with Crippen molar-refractivity contribution in [2.75, 3.05) is 33.5 Å². The monoisotopic (exact) mass is 915 g/mol. The van der Waals surface area contributed by atoms with Crippen LogP contribution in [-0.4, -0.2) is 61.7 Å². The molecular weight excluding hydrogens is 833 g/mol. The van der Waals surface area contributed by atoms with Gasteiger partial charge < -0.3 is 33.9 Å². The van der Waals surface area contributed by atoms with Gasteiger partial charge in [0.15, 0.2) is 0 Å². The van der Waals surface area contributed by atoms with Crippen molar-refractivity contribution in [3.8, 4) is 17.2 Å². The Morgan fingerprint density at radius 2 is 0.773 bits per heavy atom. The maximum atomic E-state index is 13.6. The highest BCUT2D eigenvalue weighted by atomic mass is 16.6. The molecule has 0 saturated heterocycles. The molecule has 66 heavy (non-hydrogen) atoms. The topological polar surface area (TPSA) is 138 Å². The Hall–Kier alpha value is -4.57. The van der Waals surface area contributed by atoms with Crippen molar-refractivity contribution in [1.82, 2.24) is 0 Å². The number of benzene rings is 3. The summed E-state index contributed by atoms with van der Waals surface area (Å²) in [7, 11) is 1.50. The van der Waals surface area contributed by atoms with Crippen LogP contribution < -0.4 is 4.74 Å². The number of phenols is 2. The number of fused-ring (bicyclic) bond motifs is 1. The van der Waals surface area contributed by atoms with Crippen LogP contribution in [0.15, 0.2) is 36.4 Å². The molecule has 1 heterocycles. The van der Waals surface area contributed by atoms with Crippen LogP contribution in [0.2, 0.25) is 0 Å². The lowest BCUT2D eigenvalue weighted by Crippen LogP contribution is -2.43. The molecule has 2 N–H and O–H groups in total. The Morgan fingerprint density at radius 1 is 0.485 bits per heavy atom. The molecule has 0 bridgehead atoms. The van der Waals surface area contributed by atoms with E-state index in [1.807, 2.05) is 121 Å². The van der Waals surface area contributed by atoms with Crippen LogP contribution in [0.25, 0.3) is 0 Å². The Morgan fingerprint density at radius 3 is 1.05 bits per heavy atom. The van der Waals surface area contributed by atoms with Crippen LogP contribution in [0.5, 0.6) is 17.2 Å². The van der Waals surface area contributed by atoms with E-state index in [0.717, 1.165) is 55.8 Å². The Bertz CT molecular complexity index is 2060. The minimum atomic E-state index is -1.21. The van der Waals surface area contributed by atoms with Gasteiger partial charge in [0, 0.05) is 37.5 Å². The highest BCUT2D eigenvalue weighted by molar-refractivity contribution is 5.71. The molecule has 0 radical (unpaired) electrons. The Labute approximate surface area is 396 Å². The quantitative estimate of drug-likeness (QED) is 0.0994. The average Bonchev–Trinajstić information content (AvgIpc) is 3.17. The van der Waals surface area contributed by atoms with Crippen LogP contribution in [-0.2, 0) is 85.3 Å². The Kier molecular flexibility index (Phi) is 16.3. The van der Waals surface area contributed by atoms with Crippen molar-refractivity contribution in [3.63, 3.8) is 0 Å². The maximum Gasteiger partial charge on any atom is 0.306 e. The molecule has 4 rings (SSSR count). The summed E-state index contributed by atoms with van der Waals surface area (Å²) < 4.78 is 29.6. The maximum absolute atomic E-state index is 13.6. The first-order chi connectivity index (χ1) is 30.1. The molecule has 0 aliphatic carbocycles. The number of esters is 3. The van der Waals surface area contributed by atoms with Gasteiger partial charge in [0.1, 0.15) is 42.7 Å². The summed E-state index contributed by atoms with van der Waals surface area (Å²) in [5, 5.41) is 22.5. The lowest BCUT2D eigenvalue weighted by Gasteiger charge is -2.42. The molecule has 366 valence electrons. The van der Waals surface area contributed by atoms with E-state index in [0.29, 0.717) is 19.3 Å². The summed E-state index contributed by atoms with van der Waals surface area (Å²) in [6.07, 6.45) is 1.41. The van der Waals surface area contributed by atoms with Crippen molar-refractivity contribution in [2.45, 2.75) is 189 Å². The summed E-state index contributed by atoms with van der Waals surface area (Å²) in [5.41, 5.74) is 5.18. The van der Waals surface area contributed by atoms with Gasteiger partial charge in [-0.15, -0.1) is 0 Å². The van der Waals surface area contributed by atoms with E-state index in [9.17, 15) is 24.6 Å². The summed E-state index contributed by atoms with van der Waals surface area (Å²) in [6, 6.07) is 12.0. The second kappa shape index (κ2) is 20.0. The average molecular weight is 915 g/mol. The molecule has 0 amide bonds. The fourth-order valence-electron chi connectivity index (χ4n) is 8.39. The molecule has 0 fully saturated rings. The van der Waals surface area contributed by atoms with Crippen molar-refractivity contribution in [2.24, 2.45) is 5.41 Å². The zero-order chi connectivity index (χ0) is 50.0. The van der Waals surface area contributed by atoms with Crippen LogP contribution in [0, 0.1) is 5.41 Å². The van der Waals surface area contributed by atoms with E-state index in [2.05, 4.69) is 32.9 Å². The van der Waals surface area contributed by atoms with Gasteiger partial charge in [0.2, 0.25) is 0 Å². The van der Waals surface area contributed by atoms with Gasteiger partial charge in [0.05, 0.1) is 12.0 Å². The first-order valence-corrected chi connectivity index (χ1v) is 23.6. The number of hydrogen-bond donors (Lipinski definition) is 2. The summed E-state index contributed by atoms with van der Waals surface area (Å²) >= 11 is 0. The van der Waals surface area contributed by atoms with E-state index in [4.69, 9.17) is 23.7 Å². The van der Waals surface area contributed by atoms with Crippen LogP contribution in [0.3, 0.4) is 0 Å². The second-order valence-electron chi connectivity index (χ2n) is 24.4. The number of ether oxygens (including phenoxy) is 5. The minimum absolute atomic E-state index is 0.0284. The van der Waals surface area contributed by atoms with Gasteiger partial charge >= 0.3 is 17.9 Å². The number of aryl methyl sites for hydroxylation is 3. The van der Waals surface area contributed by atoms with Crippen molar-refractivity contribution >= 4 is 17.9 Å². The molecule has 0 saturated carbocycles. The normalized spacial score (nSPS) is 14.2. The predicted octanol–water partition coefficient (Wildman–Crippen LogP) is 11.7. The second-order valence-corrected chi connectivity index (χ2v) is 24.4.